The summed E-state index contributed by atoms with van der Waals surface area (Å²) in [5.41, 5.74) is 0.515. The number of sulfonamides is 1. The Morgan fingerprint density at radius 1 is 1.07 bits per heavy atom. The van der Waals surface area contributed by atoms with Gasteiger partial charge in [0, 0.05) is 24.2 Å². The third-order valence-corrected chi connectivity index (χ3v) is 6.55. The van der Waals surface area contributed by atoms with E-state index < -0.39 is 16.1 Å². The first-order valence-electron chi connectivity index (χ1n) is 8.41. The van der Waals surface area contributed by atoms with Crippen LogP contribution in [0.15, 0.2) is 47.4 Å². The van der Waals surface area contributed by atoms with Crippen molar-refractivity contribution in [2.24, 2.45) is 0 Å². The predicted octanol–water partition coefficient (Wildman–Crippen LogP) is 1.97. The van der Waals surface area contributed by atoms with Gasteiger partial charge in [0.1, 0.15) is 19.3 Å². The van der Waals surface area contributed by atoms with Crippen molar-refractivity contribution >= 4 is 27.5 Å². The summed E-state index contributed by atoms with van der Waals surface area (Å²) in [5, 5.41) is 3.15. The quantitative estimate of drug-likeness (QED) is 0.839. The van der Waals surface area contributed by atoms with Crippen LogP contribution in [-0.2, 0) is 14.8 Å². The van der Waals surface area contributed by atoms with E-state index >= 15 is 0 Å². The molecule has 2 aromatic carbocycles. The molecule has 0 aliphatic carbocycles. The third kappa shape index (κ3) is 3.36. The number of nitrogens with zero attached hydrogens (tertiary/aromatic N) is 1. The number of piperazine rings is 1. The lowest BCUT2D eigenvalue weighted by molar-refractivity contribution is -0.126. The highest BCUT2D eigenvalue weighted by molar-refractivity contribution is 7.89. The number of benzene rings is 2. The molecule has 2 heterocycles. The zero-order chi connectivity index (χ0) is 19.0. The predicted molar refractivity (Wildman–Crippen MR) is 98.5 cm³/mol. The molecule has 0 saturated carbocycles. The Bertz CT molecular complexity index is 995. The summed E-state index contributed by atoms with van der Waals surface area (Å²) >= 11 is 6.04. The molecule has 7 nitrogen and oxygen atoms in total. The first kappa shape index (κ1) is 18.1. The highest BCUT2D eigenvalue weighted by Crippen LogP contribution is 2.36. The van der Waals surface area contributed by atoms with Crippen molar-refractivity contribution in [3.05, 3.63) is 53.1 Å². The molecule has 1 amide bonds. The fraction of sp³-hybridized carbons (Fsp3) is 0.278. The second-order valence-corrected chi connectivity index (χ2v) is 8.50. The van der Waals surface area contributed by atoms with Crippen LogP contribution in [0.1, 0.15) is 11.6 Å². The van der Waals surface area contributed by atoms with E-state index in [0.29, 0.717) is 35.3 Å². The van der Waals surface area contributed by atoms with Crippen molar-refractivity contribution in [3.8, 4) is 11.5 Å². The smallest absolute Gasteiger partial charge is 0.244 e. The summed E-state index contributed by atoms with van der Waals surface area (Å²) in [7, 11) is -3.94. The molecule has 2 aliphatic heterocycles. The third-order valence-electron chi connectivity index (χ3n) is 4.45. The fourth-order valence-corrected chi connectivity index (χ4v) is 5.01. The molecule has 4 rings (SSSR count). The van der Waals surface area contributed by atoms with Crippen LogP contribution >= 0.6 is 11.6 Å². The van der Waals surface area contributed by atoms with Crippen LogP contribution in [0.3, 0.4) is 0 Å². The number of ether oxygens (including phenoxy) is 2. The minimum absolute atomic E-state index is 0.0495. The van der Waals surface area contributed by atoms with Gasteiger partial charge in [0.05, 0.1) is 4.90 Å². The standard InChI is InChI=1S/C18H17ClN2O5S/c19-13-3-1-2-12(10-13)17-18(22)20-6-7-21(17)27(23,24)14-4-5-15-16(11-14)26-9-8-25-15/h1-5,10-11,17H,6-9H2,(H,20,22). The summed E-state index contributed by atoms with van der Waals surface area (Å²) in [6, 6.07) is 10.1. The maximum Gasteiger partial charge on any atom is 0.244 e. The molecule has 0 bridgehead atoms. The molecular weight excluding hydrogens is 392 g/mol. The summed E-state index contributed by atoms with van der Waals surface area (Å²) < 4.78 is 38.7. The maximum absolute atomic E-state index is 13.3. The molecular formula is C18H17ClN2O5S. The molecule has 1 unspecified atom stereocenters. The van der Waals surface area contributed by atoms with Gasteiger partial charge >= 0.3 is 0 Å². The van der Waals surface area contributed by atoms with E-state index in [0.717, 1.165) is 0 Å². The van der Waals surface area contributed by atoms with Gasteiger partial charge in [-0.15, -0.1) is 0 Å². The molecule has 2 aromatic rings. The van der Waals surface area contributed by atoms with Gasteiger partial charge in [0.2, 0.25) is 15.9 Å². The van der Waals surface area contributed by atoms with Gasteiger partial charge in [0.25, 0.3) is 0 Å². The lowest BCUT2D eigenvalue weighted by atomic mass is 10.0. The highest BCUT2D eigenvalue weighted by atomic mass is 35.5. The number of carbonyl (C=O) groups excluding carboxylic acids is 1. The molecule has 1 atom stereocenters. The van der Waals surface area contributed by atoms with Crippen LogP contribution in [-0.4, -0.2) is 44.9 Å². The Hall–Kier alpha value is -2.29. The Labute approximate surface area is 161 Å². The first-order chi connectivity index (χ1) is 13.0. The van der Waals surface area contributed by atoms with Crippen molar-refractivity contribution < 1.29 is 22.7 Å². The van der Waals surface area contributed by atoms with Gasteiger partial charge in [-0.3, -0.25) is 4.79 Å². The minimum Gasteiger partial charge on any atom is -0.486 e. The highest BCUT2D eigenvalue weighted by Gasteiger charge is 2.40. The van der Waals surface area contributed by atoms with Crippen LogP contribution < -0.4 is 14.8 Å². The number of halogens is 1. The number of amides is 1. The van der Waals surface area contributed by atoms with Crippen LogP contribution in [0.2, 0.25) is 5.02 Å². The van der Waals surface area contributed by atoms with Gasteiger partial charge in [-0.1, -0.05) is 23.7 Å². The lowest BCUT2D eigenvalue weighted by Crippen LogP contribution is -2.52. The summed E-state index contributed by atoms with van der Waals surface area (Å²) in [4.78, 5) is 12.6. The summed E-state index contributed by atoms with van der Waals surface area (Å²) in [5.74, 6) is 0.496. The number of hydrogen-bond donors (Lipinski definition) is 1. The van der Waals surface area contributed by atoms with E-state index in [1.165, 1.54) is 16.4 Å². The van der Waals surface area contributed by atoms with E-state index in [-0.39, 0.29) is 23.9 Å². The molecule has 0 spiro atoms. The normalized spacial score (nSPS) is 20.2. The van der Waals surface area contributed by atoms with E-state index in [1.807, 2.05) is 0 Å². The number of fused-ring (bicyclic) bond motifs is 1. The molecule has 1 fully saturated rings. The summed E-state index contributed by atoms with van der Waals surface area (Å²) in [6.45, 7) is 1.16. The van der Waals surface area contributed by atoms with Crippen molar-refractivity contribution in [1.29, 1.82) is 0 Å². The molecule has 142 valence electrons. The zero-order valence-electron chi connectivity index (χ0n) is 14.2. The van der Waals surface area contributed by atoms with Gasteiger partial charge in [-0.05, 0) is 29.8 Å². The average molecular weight is 409 g/mol. The van der Waals surface area contributed by atoms with E-state index in [1.54, 1.807) is 30.3 Å². The molecule has 27 heavy (non-hydrogen) atoms. The Morgan fingerprint density at radius 2 is 1.85 bits per heavy atom. The zero-order valence-corrected chi connectivity index (χ0v) is 15.8. The van der Waals surface area contributed by atoms with Crippen LogP contribution in [0.4, 0.5) is 0 Å². The van der Waals surface area contributed by atoms with E-state index in [9.17, 15) is 13.2 Å². The molecule has 9 heteroatoms. The largest absolute Gasteiger partial charge is 0.486 e. The van der Waals surface area contributed by atoms with E-state index in [4.69, 9.17) is 21.1 Å². The lowest BCUT2D eigenvalue weighted by Gasteiger charge is -2.34. The molecule has 0 aromatic heterocycles. The second kappa shape index (κ2) is 7.03. The van der Waals surface area contributed by atoms with Gasteiger partial charge in [0.15, 0.2) is 11.5 Å². The average Bonchev–Trinajstić information content (AvgIpc) is 2.67. The number of rotatable bonds is 3. The van der Waals surface area contributed by atoms with Crippen molar-refractivity contribution in [2.45, 2.75) is 10.9 Å². The SMILES string of the molecule is O=C1NCCN(S(=O)(=O)c2ccc3c(c2)OCCO3)C1c1cccc(Cl)c1. The number of hydrogen-bond acceptors (Lipinski definition) is 5. The monoisotopic (exact) mass is 408 g/mol. The molecule has 1 saturated heterocycles. The second-order valence-electron chi connectivity index (χ2n) is 6.17. The fourth-order valence-electron chi connectivity index (χ4n) is 3.22. The van der Waals surface area contributed by atoms with Crippen LogP contribution in [0, 0.1) is 0 Å². The van der Waals surface area contributed by atoms with Gasteiger partial charge < -0.3 is 14.8 Å². The van der Waals surface area contributed by atoms with Crippen LogP contribution in [0.25, 0.3) is 0 Å². The van der Waals surface area contributed by atoms with Gasteiger partial charge in [-0.25, -0.2) is 8.42 Å². The van der Waals surface area contributed by atoms with Gasteiger partial charge in [-0.2, -0.15) is 4.31 Å². The topological polar surface area (TPSA) is 84.9 Å². The van der Waals surface area contributed by atoms with E-state index in [2.05, 4.69) is 5.32 Å². The van der Waals surface area contributed by atoms with Crippen molar-refractivity contribution in [2.75, 3.05) is 26.3 Å². The maximum atomic E-state index is 13.3. The Kier molecular flexibility index (Phi) is 4.71. The molecule has 1 N–H and O–H groups in total. The summed E-state index contributed by atoms with van der Waals surface area (Å²) in [6.07, 6.45) is 0. The molecule has 2 aliphatic rings. The Morgan fingerprint density at radius 3 is 2.63 bits per heavy atom. The number of carbonyl (C=O) groups is 1. The minimum atomic E-state index is -3.94. The van der Waals surface area contributed by atoms with Crippen LogP contribution in [0.5, 0.6) is 11.5 Å². The molecule has 0 radical (unpaired) electrons. The van der Waals surface area contributed by atoms with Crippen molar-refractivity contribution in [1.82, 2.24) is 9.62 Å². The van der Waals surface area contributed by atoms with Crippen molar-refractivity contribution in [3.63, 3.8) is 0 Å². The Balaban J connectivity index is 1.75. The first-order valence-corrected chi connectivity index (χ1v) is 10.2. The number of nitrogens with one attached hydrogen (secondary N) is 1.